The van der Waals surface area contributed by atoms with Crippen molar-refractivity contribution in [2.24, 2.45) is 0 Å². The van der Waals surface area contributed by atoms with E-state index in [0.717, 1.165) is 0 Å². The van der Waals surface area contributed by atoms with Gasteiger partial charge in [-0.3, -0.25) is 0 Å². The molecule has 0 fully saturated rings. The van der Waals surface area contributed by atoms with Crippen LogP contribution >= 0.6 is 11.8 Å². The van der Waals surface area contributed by atoms with Crippen LogP contribution in [0, 0.1) is 0 Å². The second-order valence-electron chi connectivity index (χ2n) is 3.66. The van der Waals surface area contributed by atoms with Crippen molar-refractivity contribution in [2.75, 3.05) is 0 Å². The van der Waals surface area contributed by atoms with E-state index in [9.17, 15) is 5.11 Å². The fourth-order valence-electron chi connectivity index (χ4n) is 1.52. The molecule has 2 heteroatoms. The summed E-state index contributed by atoms with van der Waals surface area (Å²) in [4.78, 5) is 1.18. The van der Waals surface area contributed by atoms with Gasteiger partial charge in [-0.25, -0.2) is 0 Å². The van der Waals surface area contributed by atoms with E-state index in [1.165, 1.54) is 10.5 Å². The number of aromatic hydroxyl groups is 1. The lowest BCUT2D eigenvalue weighted by Gasteiger charge is -2.11. The summed E-state index contributed by atoms with van der Waals surface area (Å²) in [5.74, 6) is 0.316. The van der Waals surface area contributed by atoms with Crippen LogP contribution in [-0.2, 0) is 0 Å². The molecule has 0 saturated heterocycles. The lowest BCUT2D eigenvalue weighted by molar-refractivity contribution is 0.475. The molecule has 0 aliphatic rings. The van der Waals surface area contributed by atoms with Crippen LogP contribution in [0.5, 0.6) is 5.75 Å². The highest BCUT2D eigenvalue weighted by molar-refractivity contribution is 7.99. The van der Waals surface area contributed by atoms with Crippen LogP contribution in [0.15, 0.2) is 59.5 Å². The zero-order chi connectivity index (χ0) is 11.4. The first-order chi connectivity index (χ1) is 7.75. The number of phenols is 1. The first-order valence-electron chi connectivity index (χ1n) is 5.26. The van der Waals surface area contributed by atoms with Gasteiger partial charge in [0.2, 0.25) is 0 Å². The summed E-state index contributed by atoms with van der Waals surface area (Å²) < 4.78 is 0. The molecule has 0 aliphatic heterocycles. The van der Waals surface area contributed by atoms with Crippen molar-refractivity contribution in [3.8, 4) is 5.75 Å². The molecule has 0 aromatic heterocycles. The predicted molar refractivity (Wildman–Crippen MR) is 68.8 cm³/mol. The highest BCUT2D eigenvalue weighted by atomic mass is 32.2. The van der Waals surface area contributed by atoms with Crippen LogP contribution in [0.3, 0.4) is 0 Å². The Morgan fingerprint density at radius 2 is 1.56 bits per heavy atom. The lowest BCUT2D eigenvalue weighted by atomic mass is 10.2. The summed E-state index contributed by atoms with van der Waals surface area (Å²) in [7, 11) is 0. The van der Waals surface area contributed by atoms with Crippen LogP contribution in [-0.4, -0.2) is 5.11 Å². The Morgan fingerprint density at radius 1 is 0.938 bits per heavy atom. The van der Waals surface area contributed by atoms with Crippen molar-refractivity contribution in [1.29, 1.82) is 0 Å². The van der Waals surface area contributed by atoms with Crippen LogP contribution in [0.4, 0.5) is 0 Å². The highest BCUT2D eigenvalue weighted by Crippen LogP contribution is 2.34. The molecule has 1 unspecified atom stereocenters. The van der Waals surface area contributed by atoms with Crippen molar-refractivity contribution < 1.29 is 5.11 Å². The Morgan fingerprint density at radius 3 is 2.19 bits per heavy atom. The number of benzene rings is 2. The van der Waals surface area contributed by atoms with Crippen molar-refractivity contribution in [1.82, 2.24) is 0 Å². The molecular weight excluding hydrogens is 216 g/mol. The fourth-order valence-corrected chi connectivity index (χ4v) is 2.52. The molecule has 1 atom stereocenters. The maximum Gasteiger partial charge on any atom is 0.115 e. The van der Waals surface area contributed by atoms with E-state index < -0.39 is 0 Å². The Labute approximate surface area is 100 Å². The molecule has 1 nitrogen and oxygen atoms in total. The quantitative estimate of drug-likeness (QED) is 0.796. The molecule has 2 aromatic carbocycles. The Bertz CT molecular complexity index is 436. The molecule has 0 spiro atoms. The fraction of sp³-hybridized carbons (Fsp3) is 0.143. The average molecular weight is 230 g/mol. The number of rotatable bonds is 3. The standard InChI is InChI=1S/C14H14OS/c1-11(12-5-3-2-4-6-12)16-14-9-7-13(15)8-10-14/h2-11,15H,1H3. The maximum absolute atomic E-state index is 9.20. The SMILES string of the molecule is CC(Sc1ccc(O)cc1)c1ccccc1. The Kier molecular flexibility index (Phi) is 3.52. The Balaban J connectivity index is 2.08. The van der Waals surface area contributed by atoms with Crippen LogP contribution in [0.2, 0.25) is 0 Å². The second kappa shape index (κ2) is 5.08. The van der Waals surface area contributed by atoms with E-state index >= 15 is 0 Å². The summed E-state index contributed by atoms with van der Waals surface area (Å²) in [6.07, 6.45) is 0. The van der Waals surface area contributed by atoms with Gasteiger partial charge in [-0.05, 0) is 36.8 Å². The topological polar surface area (TPSA) is 20.2 Å². The summed E-state index contributed by atoms with van der Waals surface area (Å²) >= 11 is 1.79. The van der Waals surface area contributed by atoms with Gasteiger partial charge in [-0.15, -0.1) is 11.8 Å². The van der Waals surface area contributed by atoms with E-state index in [2.05, 4.69) is 31.2 Å². The molecule has 2 aromatic rings. The minimum atomic E-state index is 0.316. The van der Waals surface area contributed by atoms with E-state index in [4.69, 9.17) is 0 Å². The van der Waals surface area contributed by atoms with Crippen molar-refractivity contribution >= 4 is 11.8 Å². The van der Waals surface area contributed by atoms with Gasteiger partial charge in [0.1, 0.15) is 5.75 Å². The van der Waals surface area contributed by atoms with E-state index in [-0.39, 0.29) is 0 Å². The van der Waals surface area contributed by atoms with Gasteiger partial charge in [-0.2, -0.15) is 0 Å². The summed E-state index contributed by atoms with van der Waals surface area (Å²) in [5, 5.41) is 9.62. The molecule has 0 amide bonds. The number of hydrogen-bond acceptors (Lipinski definition) is 2. The van der Waals surface area contributed by atoms with Crippen LogP contribution in [0.25, 0.3) is 0 Å². The van der Waals surface area contributed by atoms with Gasteiger partial charge in [0.05, 0.1) is 0 Å². The molecule has 1 N–H and O–H groups in total. The van der Waals surface area contributed by atoms with Gasteiger partial charge in [0, 0.05) is 10.1 Å². The zero-order valence-electron chi connectivity index (χ0n) is 9.13. The third-order valence-electron chi connectivity index (χ3n) is 2.42. The van der Waals surface area contributed by atoms with Crippen LogP contribution in [0.1, 0.15) is 17.7 Å². The molecule has 82 valence electrons. The minimum absolute atomic E-state index is 0.316. The third kappa shape index (κ3) is 2.80. The van der Waals surface area contributed by atoms with Gasteiger partial charge in [0.25, 0.3) is 0 Å². The maximum atomic E-state index is 9.20. The Hall–Kier alpha value is -1.41. The summed E-state index contributed by atoms with van der Waals surface area (Å²) in [6.45, 7) is 2.19. The molecule has 16 heavy (non-hydrogen) atoms. The zero-order valence-corrected chi connectivity index (χ0v) is 9.95. The molecule has 0 bridgehead atoms. The van der Waals surface area contributed by atoms with E-state index in [1.54, 1.807) is 23.9 Å². The molecule has 0 saturated carbocycles. The largest absolute Gasteiger partial charge is 0.508 e. The first kappa shape index (κ1) is 11.1. The monoisotopic (exact) mass is 230 g/mol. The molecule has 0 radical (unpaired) electrons. The number of thioether (sulfide) groups is 1. The van der Waals surface area contributed by atoms with Crippen molar-refractivity contribution in [3.05, 3.63) is 60.2 Å². The van der Waals surface area contributed by atoms with E-state index in [0.29, 0.717) is 11.0 Å². The summed E-state index contributed by atoms with van der Waals surface area (Å²) in [5.41, 5.74) is 1.32. The molecule has 0 heterocycles. The number of hydrogen-bond donors (Lipinski definition) is 1. The van der Waals surface area contributed by atoms with Crippen LogP contribution < -0.4 is 0 Å². The van der Waals surface area contributed by atoms with Crippen molar-refractivity contribution in [2.45, 2.75) is 17.1 Å². The lowest BCUT2D eigenvalue weighted by Crippen LogP contribution is -1.86. The van der Waals surface area contributed by atoms with Gasteiger partial charge in [-0.1, -0.05) is 30.3 Å². The van der Waals surface area contributed by atoms with Crippen molar-refractivity contribution in [3.63, 3.8) is 0 Å². The number of phenolic OH excluding ortho intramolecular Hbond substituents is 1. The second-order valence-corrected chi connectivity index (χ2v) is 5.08. The molecule has 2 rings (SSSR count). The first-order valence-corrected chi connectivity index (χ1v) is 6.14. The molecule has 0 aliphatic carbocycles. The van der Waals surface area contributed by atoms with Gasteiger partial charge in [0.15, 0.2) is 0 Å². The third-order valence-corrected chi connectivity index (χ3v) is 3.59. The summed E-state index contributed by atoms with van der Waals surface area (Å²) in [6, 6.07) is 17.8. The minimum Gasteiger partial charge on any atom is -0.508 e. The average Bonchev–Trinajstić information content (AvgIpc) is 2.33. The normalized spacial score (nSPS) is 12.3. The predicted octanol–water partition coefficient (Wildman–Crippen LogP) is 4.25. The van der Waals surface area contributed by atoms with Gasteiger partial charge < -0.3 is 5.11 Å². The van der Waals surface area contributed by atoms with Gasteiger partial charge >= 0.3 is 0 Å². The van der Waals surface area contributed by atoms with E-state index in [1.807, 2.05) is 18.2 Å². The molecular formula is C14H14OS. The smallest absolute Gasteiger partial charge is 0.115 e. The highest BCUT2D eigenvalue weighted by Gasteiger charge is 2.06.